The summed E-state index contributed by atoms with van der Waals surface area (Å²) in [6.45, 7) is 0. The van der Waals surface area contributed by atoms with Gasteiger partial charge in [0.1, 0.15) is 0 Å². The van der Waals surface area contributed by atoms with Gasteiger partial charge in [-0.25, -0.2) is 0 Å². The number of aliphatic carboxylic acids is 1. The zero-order valence-corrected chi connectivity index (χ0v) is 11.9. The molecule has 0 bridgehead atoms. The molecule has 0 saturated heterocycles. The quantitative estimate of drug-likeness (QED) is 0.890. The van der Waals surface area contributed by atoms with E-state index in [4.69, 9.17) is 16.7 Å². The second-order valence-corrected chi connectivity index (χ2v) is 5.51. The van der Waals surface area contributed by atoms with Gasteiger partial charge in [-0.2, -0.15) is 0 Å². The largest absolute Gasteiger partial charge is 0.481 e. The molecule has 0 radical (unpaired) electrons. The van der Waals surface area contributed by atoms with E-state index in [9.17, 15) is 9.59 Å². The number of carbonyl (C=O) groups excluding carboxylic acids is 1. The first-order valence-electron chi connectivity index (χ1n) is 5.88. The van der Waals surface area contributed by atoms with Crippen molar-refractivity contribution in [1.82, 2.24) is 5.32 Å². The van der Waals surface area contributed by atoms with E-state index in [2.05, 4.69) is 5.32 Å². The number of benzene rings is 1. The molecule has 0 aliphatic carbocycles. The lowest BCUT2D eigenvalue weighted by molar-refractivity contribution is -0.137. The van der Waals surface area contributed by atoms with Crippen LogP contribution in [0.15, 0.2) is 41.8 Å². The van der Waals surface area contributed by atoms with Gasteiger partial charge in [0, 0.05) is 4.88 Å². The summed E-state index contributed by atoms with van der Waals surface area (Å²) in [5.41, 5.74) is 0.334. The fourth-order valence-electron chi connectivity index (χ4n) is 1.77. The maximum atomic E-state index is 12.2. The summed E-state index contributed by atoms with van der Waals surface area (Å²) in [6, 6.07) is 9.71. The maximum absolute atomic E-state index is 12.2. The molecular formula is C14H12ClNO3S. The molecule has 20 heavy (non-hydrogen) atoms. The van der Waals surface area contributed by atoms with E-state index in [1.165, 1.54) is 11.3 Å². The van der Waals surface area contributed by atoms with Crippen LogP contribution in [0.5, 0.6) is 0 Å². The van der Waals surface area contributed by atoms with Gasteiger partial charge in [0.25, 0.3) is 5.91 Å². The van der Waals surface area contributed by atoms with Gasteiger partial charge in [-0.1, -0.05) is 29.8 Å². The van der Waals surface area contributed by atoms with Crippen molar-refractivity contribution in [2.24, 2.45) is 0 Å². The first-order chi connectivity index (χ1) is 9.58. The van der Waals surface area contributed by atoms with Crippen molar-refractivity contribution in [2.75, 3.05) is 0 Å². The molecule has 0 spiro atoms. The first kappa shape index (κ1) is 14.6. The van der Waals surface area contributed by atoms with Crippen LogP contribution in [0.25, 0.3) is 0 Å². The van der Waals surface area contributed by atoms with E-state index < -0.39 is 12.0 Å². The van der Waals surface area contributed by atoms with Gasteiger partial charge in [-0.05, 0) is 23.6 Å². The van der Waals surface area contributed by atoms with E-state index in [1.54, 1.807) is 30.3 Å². The van der Waals surface area contributed by atoms with Crippen LogP contribution in [0.4, 0.5) is 0 Å². The Balaban J connectivity index is 2.18. The first-order valence-corrected chi connectivity index (χ1v) is 7.14. The summed E-state index contributed by atoms with van der Waals surface area (Å²) in [5, 5.41) is 13.8. The van der Waals surface area contributed by atoms with Crippen molar-refractivity contribution in [3.05, 3.63) is 57.2 Å². The summed E-state index contributed by atoms with van der Waals surface area (Å²) < 4.78 is 0. The molecule has 1 unspecified atom stereocenters. The summed E-state index contributed by atoms with van der Waals surface area (Å²) >= 11 is 7.36. The fraction of sp³-hybridized carbons (Fsp3) is 0.143. The third-order valence-corrected chi connectivity index (χ3v) is 4.00. The number of thiophene rings is 1. The zero-order chi connectivity index (χ0) is 14.5. The molecule has 2 aromatic rings. The van der Waals surface area contributed by atoms with Crippen LogP contribution in [0, 0.1) is 0 Å². The third kappa shape index (κ3) is 3.59. The standard InChI is InChI=1S/C14H12ClNO3S/c15-10-5-2-1-4-9(10)14(19)16-11(8-13(17)18)12-6-3-7-20-12/h1-7,11H,8H2,(H,16,19)(H,17,18). The number of carbonyl (C=O) groups is 2. The molecule has 0 fully saturated rings. The number of rotatable bonds is 5. The predicted molar refractivity (Wildman–Crippen MR) is 78.2 cm³/mol. The second kappa shape index (κ2) is 6.54. The zero-order valence-electron chi connectivity index (χ0n) is 10.4. The molecule has 1 heterocycles. The minimum absolute atomic E-state index is 0.170. The Morgan fingerprint density at radius 3 is 2.60 bits per heavy atom. The van der Waals surface area contributed by atoms with Gasteiger partial charge in [-0.3, -0.25) is 9.59 Å². The topological polar surface area (TPSA) is 66.4 Å². The van der Waals surface area contributed by atoms with Crippen LogP contribution in [0.3, 0.4) is 0 Å². The summed E-state index contributed by atoms with van der Waals surface area (Å²) in [4.78, 5) is 23.9. The van der Waals surface area contributed by atoms with Crippen molar-refractivity contribution < 1.29 is 14.7 Å². The van der Waals surface area contributed by atoms with Crippen LogP contribution in [-0.2, 0) is 4.79 Å². The van der Waals surface area contributed by atoms with Gasteiger partial charge in [0.2, 0.25) is 0 Å². The Labute approximate surface area is 125 Å². The van der Waals surface area contributed by atoms with Crippen LogP contribution in [-0.4, -0.2) is 17.0 Å². The Morgan fingerprint density at radius 1 is 1.25 bits per heavy atom. The molecular weight excluding hydrogens is 298 g/mol. The number of hydrogen-bond acceptors (Lipinski definition) is 3. The molecule has 4 nitrogen and oxygen atoms in total. The molecule has 1 aromatic heterocycles. The van der Waals surface area contributed by atoms with Crippen molar-refractivity contribution >= 4 is 34.8 Å². The number of hydrogen-bond donors (Lipinski definition) is 2. The molecule has 0 aliphatic rings. The summed E-state index contributed by atoms with van der Waals surface area (Å²) in [7, 11) is 0. The van der Waals surface area contributed by atoms with Gasteiger partial charge < -0.3 is 10.4 Å². The number of nitrogens with one attached hydrogen (secondary N) is 1. The molecule has 2 rings (SSSR count). The second-order valence-electron chi connectivity index (χ2n) is 4.12. The van der Waals surface area contributed by atoms with E-state index >= 15 is 0 Å². The number of carboxylic acids is 1. The predicted octanol–water partition coefficient (Wildman–Crippen LogP) is 3.35. The molecule has 1 aromatic carbocycles. The minimum Gasteiger partial charge on any atom is -0.481 e. The lowest BCUT2D eigenvalue weighted by atomic mass is 10.1. The van der Waals surface area contributed by atoms with E-state index in [-0.39, 0.29) is 12.3 Å². The van der Waals surface area contributed by atoms with Crippen molar-refractivity contribution in [2.45, 2.75) is 12.5 Å². The van der Waals surface area contributed by atoms with Crippen LogP contribution >= 0.6 is 22.9 Å². The highest BCUT2D eigenvalue weighted by Crippen LogP contribution is 2.23. The van der Waals surface area contributed by atoms with Gasteiger partial charge >= 0.3 is 5.97 Å². The molecule has 6 heteroatoms. The summed E-state index contributed by atoms with van der Waals surface area (Å²) in [5.74, 6) is -1.35. The molecule has 1 amide bonds. The van der Waals surface area contributed by atoms with Crippen LogP contribution in [0.1, 0.15) is 27.7 Å². The average molecular weight is 310 g/mol. The van der Waals surface area contributed by atoms with E-state index in [1.807, 2.05) is 11.4 Å². The average Bonchev–Trinajstić information content (AvgIpc) is 2.91. The highest BCUT2D eigenvalue weighted by atomic mass is 35.5. The maximum Gasteiger partial charge on any atom is 0.305 e. The van der Waals surface area contributed by atoms with Crippen LogP contribution < -0.4 is 5.32 Å². The SMILES string of the molecule is O=C(O)CC(NC(=O)c1ccccc1Cl)c1cccs1. The van der Waals surface area contributed by atoms with Crippen LogP contribution in [0.2, 0.25) is 5.02 Å². The van der Waals surface area contributed by atoms with E-state index in [0.29, 0.717) is 10.6 Å². The minimum atomic E-state index is -0.970. The normalized spacial score (nSPS) is 11.8. The molecule has 0 saturated carbocycles. The monoisotopic (exact) mass is 309 g/mol. The smallest absolute Gasteiger partial charge is 0.305 e. The van der Waals surface area contributed by atoms with Gasteiger partial charge in [0.15, 0.2) is 0 Å². The summed E-state index contributed by atoms with van der Waals surface area (Å²) in [6.07, 6.45) is -0.170. The van der Waals surface area contributed by atoms with Gasteiger partial charge in [-0.15, -0.1) is 11.3 Å². The number of amides is 1. The van der Waals surface area contributed by atoms with Crippen molar-refractivity contribution in [3.63, 3.8) is 0 Å². The molecule has 0 aliphatic heterocycles. The Morgan fingerprint density at radius 2 is 2.00 bits per heavy atom. The highest BCUT2D eigenvalue weighted by Gasteiger charge is 2.20. The number of carboxylic acid groups (broad SMARTS) is 1. The van der Waals surface area contributed by atoms with Crippen molar-refractivity contribution in [1.29, 1.82) is 0 Å². The fourth-order valence-corrected chi connectivity index (χ4v) is 2.77. The lowest BCUT2D eigenvalue weighted by Gasteiger charge is -2.16. The third-order valence-electron chi connectivity index (χ3n) is 2.69. The Bertz CT molecular complexity index is 613. The Hall–Kier alpha value is -1.85. The van der Waals surface area contributed by atoms with Gasteiger partial charge in [0.05, 0.1) is 23.0 Å². The van der Waals surface area contributed by atoms with Crippen molar-refractivity contribution in [3.8, 4) is 0 Å². The highest BCUT2D eigenvalue weighted by molar-refractivity contribution is 7.10. The lowest BCUT2D eigenvalue weighted by Crippen LogP contribution is -2.29. The molecule has 2 N–H and O–H groups in total. The molecule has 1 atom stereocenters. The number of halogens is 1. The Kier molecular flexibility index (Phi) is 4.76. The van der Waals surface area contributed by atoms with E-state index in [0.717, 1.165) is 4.88 Å². The molecule has 104 valence electrons.